The largest absolute Gasteiger partial charge is 0.381 e. The minimum absolute atomic E-state index is 0.200. The van der Waals surface area contributed by atoms with Gasteiger partial charge in [-0.05, 0) is 49.5 Å². The first-order valence-electron chi connectivity index (χ1n) is 25.3. The zero-order valence-corrected chi connectivity index (χ0v) is 39.2. The molecule has 0 saturated heterocycles. The highest BCUT2D eigenvalue weighted by atomic mass is 16.5. The maximum Gasteiger partial charge on any atom is 0.0815 e. The summed E-state index contributed by atoms with van der Waals surface area (Å²) in [6.45, 7) is 17.9. The van der Waals surface area contributed by atoms with E-state index in [9.17, 15) is 0 Å². The summed E-state index contributed by atoms with van der Waals surface area (Å²) in [5, 5.41) is 0. The number of rotatable bonds is 43. The molecule has 0 heterocycles. The Morgan fingerprint density at radius 1 is 0.393 bits per heavy atom. The predicted molar refractivity (Wildman–Crippen MR) is 250 cm³/mol. The summed E-state index contributed by atoms with van der Waals surface area (Å²) in [5.41, 5.74) is 1.24. The van der Waals surface area contributed by atoms with Gasteiger partial charge in [-0.1, -0.05) is 252 Å². The van der Waals surface area contributed by atoms with Crippen molar-refractivity contribution in [3.05, 3.63) is 35.9 Å². The zero-order valence-electron chi connectivity index (χ0n) is 39.2. The average Bonchev–Trinajstić information content (AvgIpc) is 3.19. The van der Waals surface area contributed by atoms with Gasteiger partial charge in [0.25, 0.3) is 0 Å². The van der Waals surface area contributed by atoms with Crippen LogP contribution in [0.2, 0.25) is 0 Å². The van der Waals surface area contributed by atoms with Crippen molar-refractivity contribution in [2.45, 2.75) is 266 Å². The van der Waals surface area contributed by atoms with Gasteiger partial charge in [0.1, 0.15) is 0 Å². The molecular weight excluding hydrogens is 685 g/mol. The topological polar surface area (TPSA) is 27.7 Å². The molecule has 3 nitrogen and oxygen atoms in total. The van der Waals surface area contributed by atoms with E-state index in [0.717, 1.165) is 38.8 Å². The van der Waals surface area contributed by atoms with Crippen molar-refractivity contribution in [3.63, 3.8) is 0 Å². The molecule has 1 aromatic rings. The fraction of sp³-hybridized carbons (Fsp3) is 0.887. The Hall–Kier alpha value is -0.900. The molecule has 0 spiro atoms. The van der Waals surface area contributed by atoms with Crippen LogP contribution in [0.25, 0.3) is 0 Å². The van der Waals surface area contributed by atoms with Gasteiger partial charge in [0, 0.05) is 19.8 Å². The summed E-state index contributed by atoms with van der Waals surface area (Å²) in [7, 11) is 0. The molecule has 332 valence electrons. The lowest BCUT2D eigenvalue weighted by Gasteiger charge is -2.20. The first-order valence-corrected chi connectivity index (χ1v) is 25.3. The lowest BCUT2D eigenvalue weighted by atomic mass is 10.0. The molecular formula is C53H102O3. The van der Waals surface area contributed by atoms with Gasteiger partial charge < -0.3 is 14.2 Å². The molecule has 0 aromatic heterocycles. The second kappa shape index (κ2) is 46.8. The van der Waals surface area contributed by atoms with Crippen LogP contribution in [0.15, 0.2) is 30.3 Å². The number of hydrogen-bond donors (Lipinski definition) is 0. The van der Waals surface area contributed by atoms with Gasteiger partial charge in [0.2, 0.25) is 0 Å². The summed E-state index contributed by atoms with van der Waals surface area (Å²) >= 11 is 0. The second-order valence-electron chi connectivity index (χ2n) is 18.2. The van der Waals surface area contributed by atoms with Crippen molar-refractivity contribution < 1.29 is 14.2 Å². The van der Waals surface area contributed by atoms with Crippen LogP contribution < -0.4 is 0 Å². The van der Waals surface area contributed by atoms with Crippen LogP contribution in [0, 0.1) is 11.8 Å². The molecule has 0 N–H and O–H groups in total. The second-order valence-corrected chi connectivity index (χ2v) is 18.2. The summed E-state index contributed by atoms with van der Waals surface area (Å²) in [6, 6.07) is 10.5. The third kappa shape index (κ3) is 45.8. The third-order valence-corrected chi connectivity index (χ3v) is 11.2. The van der Waals surface area contributed by atoms with Crippen LogP contribution in [0.3, 0.4) is 0 Å². The fourth-order valence-electron chi connectivity index (χ4n) is 7.56. The van der Waals surface area contributed by atoms with E-state index in [1.165, 1.54) is 211 Å². The molecule has 0 aliphatic heterocycles. The quantitative estimate of drug-likeness (QED) is 0.0617. The molecule has 0 aliphatic rings. The van der Waals surface area contributed by atoms with Crippen LogP contribution in [-0.2, 0) is 20.8 Å². The van der Waals surface area contributed by atoms with Crippen molar-refractivity contribution in [2.75, 3.05) is 26.4 Å². The first-order chi connectivity index (χ1) is 27.5. The maximum atomic E-state index is 6.15. The molecule has 56 heavy (non-hydrogen) atoms. The normalized spacial score (nSPS) is 12.1. The molecule has 1 rings (SSSR count). The minimum atomic E-state index is 0.200. The Bertz CT molecular complexity index is 823. The summed E-state index contributed by atoms with van der Waals surface area (Å²) in [5.74, 6) is 1.45. The molecule has 0 fully saturated rings. The number of benzene rings is 1. The smallest absolute Gasteiger partial charge is 0.0815 e. The maximum absolute atomic E-state index is 6.15. The molecule has 0 saturated carbocycles. The van der Waals surface area contributed by atoms with Gasteiger partial charge in [0.05, 0.1) is 19.3 Å². The Morgan fingerprint density at radius 3 is 1.12 bits per heavy atom. The van der Waals surface area contributed by atoms with Gasteiger partial charge in [-0.25, -0.2) is 0 Å². The lowest BCUT2D eigenvalue weighted by molar-refractivity contribution is -0.0346. The van der Waals surface area contributed by atoms with Crippen LogP contribution in [-0.4, -0.2) is 32.5 Å². The fourth-order valence-corrected chi connectivity index (χ4v) is 7.56. The summed E-state index contributed by atoms with van der Waals surface area (Å²) in [4.78, 5) is 0. The molecule has 1 atom stereocenters. The number of unbranched alkanes of at least 4 members (excludes halogenated alkanes) is 28. The number of ether oxygens (including phenoxy) is 3. The van der Waals surface area contributed by atoms with Crippen LogP contribution >= 0.6 is 0 Å². The molecule has 0 amide bonds. The predicted octanol–water partition coefficient (Wildman–Crippen LogP) is 17.8. The van der Waals surface area contributed by atoms with E-state index in [1.807, 2.05) is 0 Å². The molecule has 3 heteroatoms. The van der Waals surface area contributed by atoms with E-state index in [-0.39, 0.29) is 6.10 Å². The Morgan fingerprint density at radius 2 is 0.750 bits per heavy atom. The highest BCUT2D eigenvalue weighted by Crippen LogP contribution is 2.16. The van der Waals surface area contributed by atoms with E-state index in [4.69, 9.17) is 14.2 Å². The summed E-state index contributed by atoms with van der Waals surface area (Å²) in [6.07, 6.45) is 46.3. The van der Waals surface area contributed by atoms with Crippen molar-refractivity contribution in [1.29, 1.82) is 0 Å². The highest BCUT2D eigenvalue weighted by Gasteiger charge is 2.12. The van der Waals surface area contributed by atoms with Crippen LogP contribution in [0.5, 0.6) is 0 Å². The van der Waals surface area contributed by atoms with Gasteiger partial charge in [0.15, 0.2) is 0 Å². The zero-order chi connectivity index (χ0) is 40.8. The molecule has 0 radical (unpaired) electrons. The van der Waals surface area contributed by atoms with Gasteiger partial charge in [-0.2, -0.15) is 0 Å². The van der Waals surface area contributed by atoms with Crippen LogP contribution in [0.1, 0.15) is 259 Å². The SMILES string of the molecule is CCCCCCCCCCCCCCCCCCOC[C@H](CC(C)C)OCc1ccccc1.CCCCCCCCCCCCCCCCOCCCC(C)C. The average molecular weight is 787 g/mol. The van der Waals surface area contributed by atoms with Gasteiger partial charge in [-0.15, -0.1) is 0 Å². The van der Waals surface area contributed by atoms with E-state index in [1.54, 1.807) is 0 Å². The van der Waals surface area contributed by atoms with E-state index in [2.05, 4.69) is 71.9 Å². The Balaban J connectivity index is 0.00000116. The molecule has 1 aromatic carbocycles. The standard InChI is InChI=1S/C31H56O2.C22H46O/c1-4-5-6-7-8-9-10-11-12-13-14-15-16-17-18-22-25-32-28-31(26-29(2)3)33-27-30-23-20-19-21-24-30;1-4-5-6-7-8-9-10-11-12-13-14-15-16-17-20-23-21-18-19-22(2)3/h19-21,23-24,29,31H,4-18,22,25-28H2,1-3H3;22H,4-21H2,1-3H3/t31-;/m0./s1. The van der Waals surface area contributed by atoms with Crippen molar-refractivity contribution >= 4 is 0 Å². The number of hydrogen-bond acceptors (Lipinski definition) is 3. The minimum Gasteiger partial charge on any atom is -0.381 e. The van der Waals surface area contributed by atoms with Crippen molar-refractivity contribution in [2.24, 2.45) is 11.8 Å². The van der Waals surface area contributed by atoms with E-state index < -0.39 is 0 Å². The highest BCUT2D eigenvalue weighted by molar-refractivity contribution is 5.13. The molecule has 0 aliphatic carbocycles. The molecule has 0 bridgehead atoms. The monoisotopic (exact) mass is 787 g/mol. The van der Waals surface area contributed by atoms with Crippen LogP contribution in [0.4, 0.5) is 0 Å². The summed E-state index contributed by atoms with van der Waals surface area (Å²) < 4.78 is 17.8. The lowest BCUT2D eigenvalue weighted by Crippen LogP contribution is -2.22. The first kappa shape index (κ1) is 55.1. The van der Waals surface area contributed by atoms with Crippen molar-refractivity contribution in [1.82, 2.24) is 0 Å². The van der Waals surface area contributed by atoms with Gasteiger partial charge in [-0.3, -0.25) is 0 Å². The molecule has 0 unspecified atom stereocenters. The van der Waals surface area contributed by atoms with Gasteiger partial charge >= 0.3 is 0 Å². The Kier molecular flexibility index (Phi) is 46.0. The van der Waals surface area contributed by atoms with Crippen molar-refractivity contribution in [3.8, 4) is 0 Å². The Labute approximate surface area is 353 Å². The third-order valence-electron chi connectivity index (χ3n) is 11.2. The van der Waals surface area contributed by atoms with E-state index >= 15 is 0 Å². The van der Waals surface area contributed by atoms with E-state index in [0.29, 0.717) is 12.5 Å².